The predicted octanol–water partition coefficient (Wildman–Crippen LogP) is -1.17. The Hall–Kier alpha value is -0.620. The van der Waals surface area contributed by atoms with Gasteiger partial charge >= 0.3 is 5.97 Å². The second-order valence-electron chi connectivity index (χ2n) is 3.01. The molecule has 0 amide bonds. The summed E-state index contributed by atoms with van der Waals surface area (Å²) in [4.78, 5) is 10.5. The fourth-order valence-electron chi connectivity index (χ4n) is 1.32. The van der Waals surface area contributed by atoms with Gasteiger partial charge in [0, 0.05) is 6.04 Å². The normalized spacial score (nSPS) is 34.4. The molecule has 0 aliphatic carbocycles. The van der Waals surface area contributed by atoms with E-state index in [1.54, 1.807) is 0 Å². The van der Waals surface area contributed by atoms with Crippen LogP contribution >= 0.6 is 0 Å². The standard InChI is InChI=1S/C6H11NO4S/c7-5-3-12(10,11)2-1-4(5)6(8)9/h4-5H,1-3,7H2,(H,8,9). The van der Waals surface area contributed by atoms with Crippen molar-refractivity contribution in [2.45, 2.75) is 12.5 Å². The van der Waals surface area contributed by atoms with Crippen LogP contribution in [-0.4, -0.2) is 37.0 Å². The number of nitrogens with two attached hydrogens (primary N) is 1. The predicted molar refractivity (Wildman–Crippen MR) is 42.4 cm³/mol. The maximum absolute atomic E-state index is 11.0. The summed E-state index contributed by atoms with van der Waals surface area (Å²) in [6, 6.07) is -0.749. The summed E-state index contributed by atoms with van der Waals surface area (Å²) in [6.45, 7) is 0. The monoisotopic (exact) mass is 193 g/mol. The zero-order valence-corrected chi connectivity index (χ0v) is 7.25. The highest BCUT2D eigenvalue weighted by Gasteiger charge is 2.34. The van der Waals surface area contributed by atoms with Crippen molar-refractivity contribution in [3.63, 3.8) is 0 Å². The number of carbonyl (C=O) groups is 1. The third kappa shape index (κ3) is 1.95. The van der Waals surface area contributed by atoms with Gasteiger partial charge in [0.05, 0.1) is 17.4 Å². The Balaban J connectivity index is 2.72. The van der Waals surface area contributed by atoms with Crippen molar-refractivity contribution in [1.29, 1.82) is 0 Å². The van der Waals surface area contributed by atoms with Crippen molar-refractivity contribution in [3.05, 3.63) is 0 Å². The van der Waals surface area contributed by atoms with Gasteiger partial charge in [0.1, 0.15) is 0 Å². The van der Waals surface area contributed by atoms with Crippen molar-refractivity contribution in [2.75, 3.05) is 11.5 Å². The molecule has 1 fully saturated rings. The summed E-state index contributed by atoms with van der Waals surface area (Å²) in [6.07, 6.45) is 0.138. The molecule has 1 aliphatic rings. The van der Waals surface area contributed by atoms with Gasteiger partial charge in [0.2, 0.25) is 0 Å². The van der Waals surface area contributed by atoms with E-state index in [1.165, 1.54) is 0 Å². The lowest BCUT2D eigenvalue weighted by atomic mass is 9.99. The van der Waals surface area contributed by atoms with Crippen LogP contribution in [-0.2, 0) is 14.6 Å². The molecule has 70 valence electrons. The maximum atomic E-state index is 11.0. The first-order valence-electron chi connectivity index (χ1n) is 3.61. The molecular weight excluding hydrogens is 182 g/mol. The zero-order valence-electron chi connectivity index (χ0n) is 6.43. The zero-order chi connectivity index (χ0) is 9.35. The number of carboxylic acid groups (broad SMARTS) is 1. The third-order valence-electron chi connectivity index (χ3n) is 2.02. The quantitative estimate of drug-likeness (QED) is 0.547. The number of hydrogen-bond donors (Lipinski definition) is 2. The summed E-state index contributed by atoms with van der Waals surface area (Å²) >= 11 is 0. The molecule has 0 saturated carbocycles. The van der Waals surface area contributed by atoms with Crippen molar-refractivity contribution < 1.29 is 18.3 Å². The van der Waals surface area contributed by atoms with Crippen LogP contribution in [0.4, 0.5) is 0 Å². The lowest BCUT2D eigenvalue weighted by Gasteiger charge is -2.24. The average molecular weight is 193 g/mol. The number of hydrogen-bond acceptors (Lipinski definition) is 4. The maximum Gasteiger partial charge on any atom is 0.308 e. The van der Waals surface area contributed by atoms with Crippen LogP contribution in [0.2, 0.25) is 0 Å². The number of sulfone groups is 1. The van der Waals surface area contributed by atoms with Gasteiger partial charge < -0.3 is 10.8 Å². The molecule has 0 aromatic rings. The van der Waals surface area contributed by atoms with Gasteiger partial charge in [0.25, 0.3) is 0 Å². The summed E-state index contributed by atoms with van der Waals surface area (Å²) < 4.78 is 21.9. The van der Waals surface area contributed by atoms with E-state index < -0.39 is 27.8 Å². The van der Waals surface area contributed by atoms with Crippen molar-refractivity contribution >= 4 is 15.8 Å². The van der Waals surface area contributed by atoms with Crippen LogP contribution in [0, 0.1) is 5.92 Å². The van der Waals surface area contributed by atoms with Crippen LogP contribution in [0.1, 0.15) is 6.42 Å². The van der Waals surface area contributed by atoms with Crippen LogP contribution in [0.5, 0.6) is 0 Å². The molecule has 12 heavy (non-hydrogen) atoms. The van der Waals surface area contributed by atoms with E-state index in [1.807, 2.05) is 0 Å². The van der Waals surface area contributed by atoms with E-state index >= 15 is 0 Å². The summed E-state index contributed by atoms with van der Waals surface area (Å²) in [5.74, 6) is -1.97. The fraction of sp³-hybridized carbons (Fsp3) is 0.833. The molecule has 0 radical (unpaired) electrons. The molecular formula is C6H11NO4S. The van der Waals surface area contributed by atoms with Gasteiger partial charge in [-0.1, -0.05) is 0 Å². The van der Waals surface area contributed by atoms with Crippen LogP contribution in [0.25, 0.3) is 0 Å². The Morgan fingerprint density at radius 3 is 2.50 bits per heavy atom. The van der Waals surface area contributed by atoms with Crippen LogP contribution in [0.3, 0.4) is 0 Å². The highest BCUT2D eigenvalue weighted by molar-refractivity contribution is 7.91. The lowest BCUT2D eigenvalue weighted by Crippen LogP contribution is -2.46. The Labute approximate surface area is 70.5 Å². The number of carboxylic acids is 1. The first kappa shape index (κ1) is 9.47. The highest BCUT2D eigenvalue weighted by Crippen LogP contribution is 2.17. The molecule has 6 heteroatoms. The minimum Gasteiger partial charge on any atom is -0.481 e. The average Bonchev–Trinajstić information content (AvgIpc) is 1.83. The van der Waals surface area contributed by atoms with Crippen molar-refractivity contribution in [1.82, 2.24) is 0 Å². The molecule has 1 aliphatic heterocycles. The molecule has 2 atom stereocenters. The molecule has 0 bridgehead atoms. The third-order valence-corrected chi connectivity index (χ3v) is 3.77. The molecule has 0 aromatic carbocycles. The second kappa shape index (κ2) is 3.02. The Morgan fingerprint density at radius 1 is 1.50 bits per heavy atom. The first-order chi connectivity index (χ1) is 5.42. The van der Waals surface area contributed by atoms with Gasteiger partial charge in [-0.05, 0) is 6.42 Å². The first-order valence-corrected chi connectivity index (χ1v) is 5.43. The summed E-state index contributed by atoms with van der Waals surface area (Å²) in [7, 11) is -3.09. The van der Waals surface area contributed by atoms with Crippen LogP contribution < -0.4 is 5.73 Å². The molecule has 3 N–H and O–H groups in total. The second-order valence-corrected chi connectivity index (χ2v) is 5.24. The smallest absolute Gasteiger partial charge is 0.308 e. The van der Waals surface area contributed by atoms with Gasteiger partial charge in [-0.3, -0.25) is 4.79 Å². The van der Waals surface area contributed by atoms with Gasteiger partial charge in [0.15, 0.2) is 9.84 Å². The van der Waals surface area contributed by atoms with Crippen molar-refractivity contribution in [3.8, 4) is 0 Å². The topological polar surface area (TPSA) is 97.5 Å². The fourth-order valence-corrected chi connectivity index (χ4v) is 2.92. The van der Waals surface area contributed by atoms with Gasteiger partial charge in [-0.2, -0.15) is 0 Å². The SMILES string of the molecule is NC1CS(=O)(=O)CCC1C(=O)O. The van der Waals surface area contributed by atoms with E-state index in [4.69, 9.17) is 10.8 Å². The van der Waals surface area contributed by atoms with E-state index in [-0.39, 0.29) is 17.9 Å². The Morgan fingerprint density at radius 2 is 2.08 bits per heavy atom. The molecule has 1 saturated heterocycles. The van der Waals surface area contributed by atoms with E-state index in [0.29, 0.717) is 0 Å². The summed E-state index contributed by atoms with van der Waals surface area (Å²) in [5, 5.41) is 8.60. The van der Waals surface area contributed by atoms with E-state index in [2.05, 4.69) is 0 Å². The van der Waals surface area contributed by atoms with Gasteiger partial charge in [-0.25, -0.2) is 8.42 Å². The van der Waals surface area contributed by atoms with Gasteiger partial charge in [-0.15, -0.1) is 0 Å². The molecule has 2 unspecified atom stereocenters. The Kier molecular flexibility index (Phi) is 2.39. The number of aliphatic carboxylic acids is 1. The minimum atomic E-state index is -3.09. The summed E-state index contributed by atoms with van der Waals surface area (Å²) in [5.41, 5.74) is 5.40. The Bertz CT molecular complexity index is 284. The number of rotatable bonds is 1. The molecule has 1 heterocycles. The molecule has 1 rings (SSSR count). The minimum absolute atomic E-state index is 0.0579. The van der Waals surface area contributed by atoms with E-state index in [0.717, 1.165) is 0 Å². The molecule has 0 spiro atoms. The largest absolute Gasteiger partial charge is 0.481 e. The highest BCUT2D eigenvalue weighted by atomic mass is 32.2. The molecule has 5 nitrogen and oxygen atoms in total. The van der Waals surface area contributed by atoms with E-state index in [9.17, 15) is 13.2 Å². The lowest BCUT2D eigenvalue weighted by molar-refractivity contribution is -0.142. The van der Waals surface area contributed by atoms with Crippen LogP contribution in [0.15, 0.2) is 0 Å². The van der Waals surface area contributed by atoms with Crippen molar-refractivity contribution in [2.24, 2.45) is 11.7 Å². The molecule has 0 aromatic heterocycles.